The minimum Gasteiger partial charge on any atom is -0.486 e. The van der Waals surface area contributed by atoms with Crippen molar-refractivity contribution < 1.29 is 13.9 Å². The predicted octanol–water partition coefficient (Wildman–Crippen LogP) is 5.42. The molecule has 1 aromatic heterocycles. The molecule has 0 spiro atoms. The second-order valence-corrected chi connectivity index (χ2v) is 7.94. The van der Waals surface area contributed by atoms with Gasteiger partial charge in [-0.3, -0.25) is 4.79 Å². The Hall–Kier alpha value is -2.25. The van der Waals surface area contributed by atoms with Crippen LogP contribution < -0.4 is 10.1 Å². The molecule has 27 heavy (non-hydrogen) atoms. The standard InChI is InChI=1S/C20H18BrFN2O2S/c1-12-3-4-13(2)17(7-12)24-19(25)9-20-23-15(11-27-20)10-26-18-6-5-14(22)8-16(18)21/h3-8,11H,9-10H2,1-2H3,(H,24,25). The molecule has 1 N–H and O–H groups in total. The lowest BCUT2D eigenvalue weighted by atomic mass is 10.1. The molecule has 2 aromatic carbocycles. The Morgan fingerprint density at radius 1 is 1.26 bits per heavy atom. The summed E-state index contributed by atoms with van der Waals surface area (Å²) in [7, 11) is 0. The molecule has 140 valence electrons. The van der Waals surface area contributed by atoms with E-state index in [0.717, 1.165) is 27.5 Å². The summed E-state index contributed by atoms with van der Waals surface area (Å²) >= 11 is 4.68. The highest BCUT2D eigenvalue weighted by atomic mass is 79.9. The fourth-order valence-electron chi connectivity index (χ4n) is 2.44. The van der Waals surface area contributed by atoms with Crippen LogP contribution in [-0.2, 0) is 17.8 Å². The average molecular weight is 449 g/mol. The Morgan fingerprint density at radius 2 is 2.07 bits per heavy atom. The number of anilines is 1. The third-order valence-electron chi connectivity index (χ3n) is 3.85. The van der Waals surface area contributed by atoms with E-state index in [1.165, 1.54) is 23.5 Å². The highest BCUT2D eigenvalue weighted by molar-refractivity contribution is 9.10. The zero-order valence-corrected chi connectivity index (χ0v) is 17.3. The number of aryl methyl sites for hydroxylation is 2. The van der Waals surface area contributed by atoms with Gasteiger partial charge in [0.05, 0.1) is 16.6 Å². The molecule has 0 radical (unpaired) electrons. The fourth-order valence-corrected chi connectivity index (χ4v) is 3.69. The summed E-state index contributed by atoms with van der Waals surface area (Å²) in [6, 6.07) is 10.2. The van der Waals surface area contributed by atoms with Gasteiger partial charge in [-0.15, -0.1) is 11.3 Å². The van der Waals surface area contributed by atoms with Crippen molar-refractivity contribution in [2.45, 2.75) is 26.9 Å². The van der Waals surface area contributed by atoms with E-state index in [1.54, 1.807) is 6.07 Å². The van der Waals surface area contributed by atoms with Crippen molar-refractivity contribution in [3.63, 3.8) is 0 Å². The van der Waals surface area contributed by atoms with E-state index >= 15 is 0 Å². The first-order valence-corrected chi connectivity index (χ1v) is 9.96. The van der Waals surface area contributed by atoms with Crippen molar-refractivity contribution in [2.75, 3.05) is 5.32 Å². The Balaban J connectivity index is 1.57. The van der Waals surface area contributed by atoms with E-state index in [9.17, 15) is 9.18 Å². The number of halogens is 2. The third kappa shape index (κ3) is 5.37. The maximum absolute atomic E-state index is 13.1. The van der Waals surface area contributed by atoms with E-state index in [4.69, 9.17) is 4.74 Å². The van der Waals surface area contributed by atoms with Crippen molar-refractivity contribution >= 4 is 38.9 Å². The van der Waals surface area contributed by atoms with Gasteiger partial charge in [-0.05, 0) is 65.2 Å². The van der Waals surface area contributed by atoms with E-state index in [0.29, 0.717) is 10.2 Å². The summed E-state index contributed by atoms with van der Waals surface area (Å²) in [5.74, 6) is 0.102. The molecule has 0 aliphatic rings. The zero-order valence-electron chi connectivity index (χ0n) is 14.9. The molecule has 1 heterocycles. The molecule has 3 aromatic rings. The summed E-state index contributed by atoms with van der Waals surface area (Å²) in [5.41, 5.74) is 3.66. The Kier molecular flexibility index (Phi) is 6.23. The van der Waals surface area contributed by atoms with Gasteiger partial charge >= 0.3 is 0 Å². The number of benzene rings is 2. The summed E-state index contributed by atoms with van der Waals surface area (Å²) in [5, 5.41) is 5.51. The monoisotopic (exact) mass is 448 g/mol. The summed E-state index contributed by atoms with van der Waals surface area (Å²) in [4.78, 5) is 16.7. The van der Waals surface area contributed by atoms with Crippen LogP contribution >= 0.6 is 27.3 Å². The van der Waals surface area contributed by atoms with Crippen LogP contribution in [0.5, 0.6) is 5.75 Å². The smallest absolute Gasteiger partial charge is 0.231 e. The lowest BCUT2D eigenvalue weighted by Gasteiger charge is -2.08. The second kappa shape index (κ2) is 8.63. The van der Waals surface area contributed by atoms with Gasteiger partial charge in [0, 0.05) is 11.1 Å². The van der Waals surface area contributed by atoms with Crippen molar-refractivity contribution in [3.8, 4) is 5.75 Å². The number of carbonyl (C=O) groups excluding carboxylic acids is 1. The van der Waals surface area contributed by atoms with Crippen LogP contribution in [0, 0.1) is 19.7 Å². The SMILES string of the molecule is Cc1ccc(C)c(NC(=O)Cc2nc(COc3ccc(F)cc3Br)cs2)c1. The Morgan fingerprint density at radius 3 is 2.85 bits per heavy atom. The molecule has 0 atom stereocenters. The number of aromatic nitrogens is 1. The normalized spacial score (nSPS) is 10.7. The number of rotatable bonds is 6. The van der Waals surface area contributed by atoms with Crippen molar-refractivity contribution in [2.24, 2.45) is 0 Å². The molecule has 0 fully saturated rings. The molecule has 3 rings (SSSR count). The number of amides is 1. The number of nitrogens with zero attached hydrogens (tertiary/aromatic N) is 1. The molecule has 0 unspecified atom stereocenters. The van der Waals surface area contributed by atoms with Crippen molar-refractivity contribution in [1.82, 2.24) is 4.98 Å². The topological polar surface area (TPSA) is 51.2 Å². The summed E-state index contributed by atoms with van der Waals surface area (Å²) < 4.78 is 19.3. The molecule has 1 amide bonds. The van der Waals surface area contributed by atoms with Gasteiger partial charge in [0.25, 0.3) is 0 Å². The maximum Gasteiger partial charge on any atom is 0.231 e. The zero-order chi connectivity index (χ0) is 19.4. The van der Waals surface area contributed by atoms with E-state index in [1.807, 2.05) is 37.4 Å². The van der Waals surface area contributed by atoms with Crippen LogP contribution in [0.1, 0.15) is 21.8 Å². The van der Waals surface area contributed by atoms with Crippen LogP contribution in [0.4, 0.5) is 10.1 Å². The molecule has 0 bridgehead atoms. The first-order chi connectivity index (χ1) is 12.9. The average Bonchev–Trinajstić information content (AvgIpc) is 3.04. The molecular formula is C20H18BrFN2O2S. The number of thiazole rings is 1. The first-order valence-electron chi connectivity index (χ1n) is 8.29. The quantitative estimate of drug-likeness (QED) is 0.547. The molecule has 0 aliphatic carbocycles. The van der Waals surface area contributed by atoms with Crippen LogP contribution in [0.3, 0.4) is 0 Å². The number of hydrogen-bond acceptors (Lipinski definition) is 4. The lowest BCUT2D eigenvalue weighted by molar-refractivity contribution is -0.115. The number of hydrogen-bond donors (Lipinski definition) is 1. The minimum absolute atomic E-state index is 0.105. The molecule has 0 aliphatic heterocycles. The van der Waals surface area contributed by atoms with Crippen LogP contribution in [0.2, 0.25) is 0 Å². The van der Waals surface area contributed by atoms with E-state index in [-0.39, 0.29) is 24.8 Å². The number of nitrogens with one attached hydrogen (secondary N) is 1. The molecular weight excluding hydrogens is 431 g/mol. The van der Waals surface area contributed by atoms with Crippen molar-refractivity contribution in [1.29, 1.82) is 0 Å². The van der Waals surface area contributed by atoms with Crippen LogP contribution in [-0.4, -0.2) is 10.9 Å². The van der Waals surface area contributed by atoms with Gasteiger partial charge < -0.3 is 10.1 Å². The van der Waals surface area contributed by atoms with E-state index < -0.39 is 0 Å². The van der Waals surface area contributed by atoms with Gasteiger partial charge in [-0.1, -0.05) is 12.1 Å². The summed E-state index contributed by atoms with van der Waals surface area (Å²) in [6.07, 6.45) is 0.207. The molecule has 4 nitrogen and oxygen atoms in total. The van der Waals surface area contributed by atoms with Gasteiger partial charge in [0.2, 0.25) is 5.91 Å². The molecule has 7 heteroatoms. The Bertz CT molecular complexity index is 974. The second-order valence-electron chi connectivity index (χ2n) is 6.14. The van der Waals surface area contributed by atoms with Gasteiger partial charge in [-0.25, -0.2) is 9.37 Å². The molecule has 0 saturated heterocycles. The minimum atomic E-state index is -0.333. The highest BCUT2D eigenvalue weighted by Crippen LogP contribution is 2.26. The summed E-state index contributed by atoms with van der Waals surface area (Å²) in [6.45, 7) is 4.20. The van der Waals surface area contributed by atoms with Crippen LogP contribution in [0.25, 0.3) is 0 Å². The lowest BCUT2D eigenvalue weighted by Crippen LogP contribution is -2.15. The van der Waals surface area contributed by atoms with Gasteiger partial charge in [-0.2, -0.15) is 0 Å². The van der Waals surface area contributed by atoms with Crippen LogP contribution in [0.15, 0.2) is 46.3 Å². The van der Waals surface area contributed by atoms with Gasteiger partial charge in [0.15, 0.2) is 0 Å². The molecule has 0 saturated carbocycles. The largest absolute Gasteiger partial charge is 0.486 e. The van der Waals surface area contributed by atoms with Crippen molar-refractivity contribution in [3.05, 3.63) is 73.9 Å². The fraction of sp³-hybridized carbons (Fsp3) is 0.200. The third-order valence-corrected chi connectivity index (χ3v) is 5.37. The number of ether oxygens (including phenoxy) is 1. The first kappa shape index (κ1) is 19.5. The highest BCUT2D eigenvalue weighted by Gasteiger charge is 2.11. The Labute approximate surface area is 169 Å². The predicted molar refractivity (Wildman–Crippen MR) is 109 cm³/mol. The maximum atomic E-state index is 13.1. The van der Waals surface area contributed by atoms with Gasteiger partial charge in [0.1, 0.15) is 23.2 Å². The van der Waals surface area contributed by atoms with E-state index in [2.05, 4.69) is 26.2 Å². The number of carbonyl (C=O) groups is 1.